The Bertz CT molecular complexity index is 1310. The second-order valence-electron chi connectivity index (χ2n) is 7.49. The molecule has 3 rings (SSSR count). The summed E-state index contributed by atoms with van der Waals surface area (Å²) >= 11 is 0. The average molecular weight is 443 g/mol. The molecule has 0 aliphatic rings. The van der Waals surface area contributed by atoms with Crippen molar-refractivity contribution in [3.63, 3.8) is 0 Å². The van der Waals surface area contributed by atoms with Crippen LogP contribution in [-0.4, -0.2) is 36.5 Å². The smallest absolute Gasteiger partial charge is 0.295 e. The summed E-state index contributed by atoms with van der Waals surface area (Å²) in [6, 6.07) is 12.4. The number of carbonyl (C=O) groups excluding carboxylic acids is 1. The van der Waals surface area contributed by atoms with Gasteiger partial charge in [-0.1, -0.05) is 24.3 Å². The van der Waals surface area contributed by atoms with Gasteiger partial charge in [0.2, 0.25) is 5.91 Å². The second-order valence-corrected chi connectivity index (χ2v) is 9.48. The van der Waals surface area contributed by atoms with Crippen LogP contribution in [0.15, 0.2) is 52.2 Å². The van der Waals surface area contributed by atoms with E-state index in [-0.39, 0.29) is 22.7 Å². The molecule has 164 valence electrons. The Balaban J connectivity index is 1.83. The Hall–Kier alpha value is -3.33. The number of hydrogen-bond acceptors (Lipinski definition) is 5. The van der Waals surface area contributed by atoms with Crippen molar-refractivity contribution in [2.24, 2.45) is 7.05 Å². The first-order valence-electron chi connectivity index (χ1n) is 9.70. The van der Waals surface area contributed by atoms with Crippen LogP contribution >= 0.6 is 0 Å². The molecular weight excluding hydrogens is 416 g/mol. The first kappa shape index (κ1) is 22.4. The molecule has 0 bridgehead atoms. The van der Waals surface area contributed by atoms with E-state index in [1.807, 2.05) is 37.3 Å². The van der Waals surface area contributed by atoms with Gasteiger partial charge in [0.05, 0.1) is 22.8 Å². The Kier molecular flexibility index (Phi) is 6.08. The maximum Gasteiger partial charge on any atom is 0.295 e. The molecule has 31 heavy (non-hydrogen) atoms. The van der Waals surface area contributed by atoms with Crippen LogP contribution in [0.1, 0.15) is 16.8 Å². The quantitative estimate of drug-likeness (QED) is 0.611. The van der Waals surface area contributed by atoms with E-state index in [0.29, 0.717) is 22.6 Å². The summed E-state index contributed by atoms with van der Waals surface area (Å²) < 4.78 is 27.1. The SMILES string of the molecule is Cc1ccc(S(C)(=O)=O)c(C)c1NCC(=O)Nc1c(C)n(C)n(-c2ccccc2)c1=O. The van der Waals surface area contributed by atoms with Crippen molar-refractivity contribution in [3.05, 3.63) is 69.6 Å². The fourth-order valence-corrected chi connectivity index (χ4v) is 4.54. The van der Waals surface area contributed by atoms with Crippen molar-refractivity contribution < 1.29 is 13.2 Å². The van der Waals surface area contributed by atoms with E-state index in [1.54, 1.807) is 37.7 Å². The third-order valence-corrected chi connectivity index (χ3v) is 6.51. The van der Waals surface area contributed by atoms with Gasteiger partial charge in [-0.15, -0.1) is 0 Å². The summed E-state index contributed by atoms with van der Waals surface area (Å²) in [5.41, 5.74) is 3.15. The van der Waals surface area contributed by atoms with Crippen LogP contribution in [0.5, 0.6) is 0 Å². The topological polar surface area (TPSA) is 102 Å². The van der Waals surface area contributed by atoms with Crippen LogP contribution in [0.3, 0.4) is 0 Å². The summed E-state index contributed by atoms with van der Waals surface area (Å²) in [6.45, 7) is 5.17. The molecule has 0 atom stereocenters. The second kappa shape index (κ2) is 8.43. The molecule has 0 unspecified atom stereocenters. The van der Waals surface area contributed by atoms with Gasteiger partial charge < -0.3 is 10.6 Å². The summed E-state index contributed by atoms with van der Waals surface area (Å²) in [7, 11) is -1.64. The number of aromatic nitrogens is 2. The third-order valence-electron chi connectivity index (χ3n) is 5.27. The van der Waals surface area contributed by atoms with E-state index in [1.165, 1.54) is 4.68 Å². The van der Waals surface area contributed by atoms with Gasteiger partial charge in [0.25, 0.3) is 5.56 Å². The number of hydrogen-bond donors (Lipinski definition) is 2. The van der Waals surface area contributed by atoms with Crippen molar-refractivity contribution in [2.75, 3.05) is 23.4 Å². The van der Waals surface area contributed by atoms with Crippen LogP contribution in [0.25, 0.3) is 5.69 Å². The largest absolute Gasteiger partial charge is 0.376 e. The Labute approximate surface area is 181 Å². The number of sulfone groups is 1. The van der Waals surface area contributed by atoms with Gasteiger partial charge in [-0.3, -0.25) is 14.3 Å². The summed E-state index contributed by atoms with van der Waals surface area (Å²) in [5.74, 6) is -0.408. The normalized spacial score (nSPS) is 11.4. The molecule has 0 saturated carbocycles. The van der Waals surface area contributed by atoms with E-state index < -0.39 is 15.7 Å². The number of benzene rings is 2. The number of amides is 1. The molecule has 0 aliphatic carbocycles. The molecule has 0 radical (unpaired) electrons. The number of nitrogens with one attached hydrogen (secondary N) is 2. The maximum atomic E-state index is 12.9. The zero-order chi connectivity index (χ0) is 22.9. The Morgan fingerprint density at radius 2 is 1.65 bits per heavy atom. The molecule has 0 fully saturated rings. The number of anilines is 2. The fraction of sp³-hybridized carbons (Fsp3) is 0.273. The highest BCUT2D eigenvalue weighted by Gasteiger charge is 2.19. The molecule has 2 aromatic carbocycles. The zero-order valence-corrected chi connectivity index (χ0v) is 19.0. The Morgan fingerprint density at radius 1 is 1.00 bits per heavy atom. The number of para-hydroxylation sites is 1. The molecule has 2 N–H and O–H groups in total. The number of aryl methyl sites for hydroxylation is 1. The van der Waals surface area contributed by atoms with Gasteiger partial charge in [0.15, 0.2) is 9.84 Å². The van der Waals surface area contributed by atoms with Crippen LogP contribution in [0.4, 0.5) is 11.4 Å². The first-order valence-corrected chi connectivity index (χ1v) is 11.6. The van der Waals surface area contributed by atoms with E-state index in [4.69, 9.17) is 0 Å². The van der Waals surface area contributed by atoms with Crippen LogP contribution in [-0.2, 0) is 21.7 Å². The molecule has 0 spiro atoms. The van der Waals surface area contributed by atoms with Gasteiger partial charge in [0.1, 0.15) is 5.69 Å². The van der Waals surface area contributed by atoms with Gasteiger partial charge in [-0.05, 0) is 50.1 Å². The van der Waals surface area contributed by atoms with E-state index >= 15 is 0 Å². The van der Waals surface area contributed by atoms with Gasteiger partial charge in [-0.2, -0.15) is 0 Å². The molecular formula is C22H26N4O4S. The lowest BCUT2D eigenvalue weighted by Gasteiger charge is -2.15. The minimum absolute atomic E-state index is 0.117. The van der Waals surface area contributed by atoms with E-state index in [0.717, 1.165) is 11.8 Å². The van der Waals surface area contributed by atoms with Gasteiger partial charge in [0, 0.05) is 19.0 Å². The van der Waals surface area contributed by atoms with E-state index in [2.05, 4.69) is 10.6 Å². The molecule has 1 aromatic heterocycles. The highest BCUT2D eigenvalue weighted by atomic mass is 32.2. The molecule has 1 amide bonds. The predicted octanol–water partition coefficient (Wildman–Crippen LogP) is 2.56. The standard InChI is InChI=1S/C22H26N4O4S/c1-14-11-12-18(31(5,29)30)15(2)20(14)23-13-19(27)24-21-16(3)25(4)26(22(21)28)17-9-7-6-8-10-17/h6-12,23H,13H2,1-5H3,(H,24,27). The highest BCUT2D eigenvalue weighted by molar-refractivity contribution is 7.90. The minimum atomic E-state index is -3.39. The van der Waals surface area contributed by atoms with Crippen LogP contribution in [0, 0.1) is 20.8 Å². The molecule has 0 saturated heterocycles. The lowest BCUT2D eigenvalue weighted by molar-refractivity contribution is -0.114. The number of carbonyl (C=O) groups is 1. The summed E-state index contributed by atoms with van der Waals surface area (Å²) in [5, 5.41) is 5.70. The minimum Gasteiger partial charge on any atom is -0.376 e. The first-order chi connectivity index (χ1) is 14.5. The van der Waals surface area contributed by atoms with Crippen molar-refractivity contribution >= 4 is 27.1 Å². The maximum absolute atomic E-state index is 12.9. The zero-order valence-electron chi connectivity index (χ0n) is 18.2. The van der Waals surface area contributed by atoms with Crippen molar-refractivity contribution in [1.29, 1.82) is 0 Å². The van der Waals surface area contributed by atoms with Crippen molar-refractivity contribution in [3.8, 4) is 5.69 Å². The molecule has 3 aromatic rings. The average Bonchev–Trinajstić information content (AvgIpc) is 2.90. The molecule has 9 heteroatoms. The number of nitrogens with zero attached hydrogens (tertiary/aromatic N) is 2. The Morgan fingerprint density at radius 3 is 2.26 bits per heavy atom. The van der Waals surface area contributed by atoms with Crippen molar-refractivity contribution in [1.82, 2.24) is 9.36 Å². The lowest BCUT2D eigenvalue weighted by Crippen LogP contribution is -2.27. The summed E-state index contributed by atoms with van der Waals surface area (Å²) in [4.78, 5) is 25.7. The fourth-order valence-electron chi connectivity index (χ4n) is 3.57. The monoisotopic (exact) mass is 442 g/mol. The molecule has 8 nitrogen and oxygen atoms in total. The number of rotatable bonds is 6. The summed E-state index contributed by atoms with van der Waals surface area (Å²) in [6.07, 6.45) is 1.15. The van der Waals surface area contributed by atoms with Crippen molar-refractivity contribution in [2.45, 2.75) is 25.7 Å². The predicted molar refractivity (Wildman–Crippen MR) is 122 cm³/mol. The molecule has 0 aliphatic heterocycles. The third kappa shape index (κ3) is 4.41. The van der Waals surface area contributed by atoms with Crippen LogP contribution in [0.2, 0.25) is 0 Å². The highest BCUT2D eigenvalue weighted by Crippen LogP contribution is 2.26. The van der Waals surface area contributed by atoms with E-state index in [9.17, 15) is 18.0 Å². The molecule has 1 heterocycles. The lowest BCUT2D eigenvalue weighted by atomic mass is 10.1. The van der Waals surface area contributed by atoms with Gasteiger partial charge >= 0.3 is 0 Å². The van der Waals surface area contributed by atoms with Gasteiger partial charge in [-0.25, -0.2) is 13.1 Å². The van der Waals surface area contributed by atoms with Crippen LogP contribution < -0.4 is 16.2 Å².